The van der Waals surface area contributed by atoms with Crippen LogP contribution in [0.3, 0.4) is 0 Å². The van der Waals surface area contributed by atoms with Gasteiger partial charge in [-0.1, -0.05) is 0 Å². The third kappa shape index (κ3) is 12.3. The van der Waals surface area contributed by atoms with Gasteiger partial charge in [0.1, 0.15) is 30.2 Å². The summed E-state index contributed by atoms with van der Waals surface area (Å²) in [6.45, 7) is -2.36. The summed E-state index contributed by atoms with van der Waals surface area (Å²) >= 11 is 0. The maximum atomic E-state index is 13.6. The molecular weight excluding hydrogens is 642 g/mol. The Labute approximate surface area is 273 Å². The van der Waals surface area contributed by atoms with Crippen LogP contribution in [0.1, 0.15) is 25.7 Å². The van der Waals surface area contributed by atoms with Crippen LogP contribution in [0.25, 0.3) is 0 Å². The number of amides is 8. The van der Waals surface area contributed by atoms with Crippen LogP contribution in [0.4, 0.5) is 4.79 Å². The first-order valence-electron chi connectivity index (χ1n) is 14.8. The quantitative estimate of drug-likeness (QED) is 0.0950. The van der Waals surface area contributed by atoms with Crippen LogP contribution in [0.5, 0.6) is 0 Å². The highest BCUT2D eigenvalue weighted by atomic mass is 16.3. The molecule has 2 aliphatic heterocycles. The maximum Gasteiger partial charge on any atom is 0.338 e. The molecule has 48 heavy (non-hydrogen) atoms. The van der Waals surface area contributed by atoms with Gasteiger partial charge in [-0.05, 0) is 19.4 Å². The molecule has 8 unspecified atom stereocenters. The Kier molecular flexibility index (Phi) is 15.5. The Morgan fingerprint density at radius 3 is 2.17 bits per heavy atom. The minimum absolute atomic E-state index is 0.246. The highest BCUT2D eigenvalue weighted by Gasteiger charge is 2.38. The molecule has 0 spiro atoms. The van der Waals surface area contributed by atoms with E-state index in [-0.39, 0.29) is 18.8 Å². The van der Waals surface area contributed by atoms with Crippen LogP contribution in [0.2, 0.25) is 0 Å². The standard InChI is InChI=1S/C25H43N13O10/c26-3-1-2-10(27)4-16(41)32-12-6-30-23(47)18(11-5-17(42)37-24(28)36-11)38-20(44)13(7-31-25(29)48)33-21(45)14(8-39)35-22(46)15(9-40)34-19(12)43/h7,10-15,17-18,39-40,42H,1-6,8-9,26-27H2,(H2,29,48)(H,30,47)(H,32,41)(H,33,45)(H,34,43)(H,35,46)(H,38,44)(H3,28,36,37). The number of rotatable bonds is 10. The number of carbonyl (C=O) groups excluding carboxylic acids is 7. The van der Waals surface area contributed by atoms with Crippen molar-refractivity contribution in [3.05, 3.63) is 0 Å². The Hall–Kier alpha value is -4.97. The van der Waals surface area contributed by atoms with Gasteiger partial charge in [-0.2, -0.15) is 0 Å². The molecule has 268 valence electrons. The van der Waals surface area contributed by atoms with E-state index < -0.39 is 110 Å². The Morgan fingerprint density at radius 2 is 1.58 bits per heavy atom. The van der Waals surface area contributed by atoms with Gasteiger partial charge in [-0.25, -0.2) is 14.8 Å². The summed E-state index contributed by atoms with van der Waals surface area (Å²) in [5.74, 6) is -6.58. The number of carbonyl (C=O) groups is 7. The van der Waals surface area contributed by atoms with Gasteiger partial charge in [0.15, 0.2) is 12.2 Å². The topological polar surface area (TPSA) is 393 Å². The SMILES string of the molecule is NCCCC(N)CC(=O)NC1CNC(=O)C(C2CC(O)N=C(N)N2)NC(=O)C(C=NC(N)=O)NC(=O)C(CO)NC(=O)C(CO)NC1=O. The van der Waals surface area contributed by atoms with Crippen molar-refractivity contribution in [1.82, 2.24) is 37.2 Å². The normalized spacial score (nSPS) is 28.5. The number of aliphatic hydroxyl groups excluding tert-OH is 3. The molecule has 2 rings (SSSR count). The van der Waals surface area contributed by atoms with Gasteiger partial charge in [0, 0.05) is 31.6 Å². The monoisotopic (exact) mass is 685 g/mol. The summed E-state index contributed by atoms with van der Waals surface area (Å²) in [4.78, 5) is 97.2. The molecule has 2 heterocycles. The lowest BCUT2D eigenvalue weighted by atomic mass is 10.0. The van der Waals surface area contributed by atoms with Gasteiger partial charge in [-0.15, -0.1) is 0 Å². The summed E-state index contributed by atoms with van der Waals surface area (Å²) in [5, 5.41) is 46.0. The molecule has 0 aromatic rings. The van der Waals surface area contributed by atoms with Gasteiger partial charge >= 0.3 is 6.03 Å². The largest absolute Gasteiger partial charge is 0.394 e. The number of aliphatic hydroxyl groups is 3. The van der Waals surface area contributed by atoms with Crippen LogP contribution in [0, 0.1) is 0 Å². The lowest BCUT2D eigenvalue weighted by molar-refractivity contribution is -0.136. The number of urea groups is 1. The van der Waals surface area contributed by atoms with Gasteiger partial charge in [0.05, 0.1) is 19.3 Å². The zero-order valence-electron chi connectivity index (χ0n) is 25.8. The number of nitrogens with two attached hydrogens (primary N) is 4. The predicted octanol–water partition coefficient (Wildman–Crippen LogP) is -8.87. The Morgan fingerprint density at radius 1 is 0.958 bits per heavy atom. The molecule has 0 bridgehead atoms. The summed E-state index contributed by atoms with van der Waals surface area (Å²) in [7, 11) is 0. The molecule has 0 radical (unpaired) electrons. The third-order valence-electron chi connectivity index (χ3n) is 6.99. The van der Waals surface area contributed by atoms with E-state index in [1.807, 2.05) is 0 Å². The molecule has 18 N–H and O–H groups in total. The number of nitrogens with zero attached hydrogens (tertiary/aromatic N) is 2. The summed E-state index contributed by atoms with van der Waals surface area (Å²) < 4.78 is 0. The molecule has 1 fully saturated rings. The second-order valence-corrected chi connectivity index (χ2v) is 10.8. The maximum absolute atomic E-state index is 13.6. The van der Waals surface area contributed by atoms with Gasteiger partial charge in [0.2, 0.25) is 35.4 Å². The van der Waals surface area contributed by atoms with E-state index in [1.54, 1.807) is 0 Å². The molecule has 2 aliphatic rings. The predicted molar refractivity (Wildman–Crippen MR) is 165 cm³/mol. The van der Waals surface area contributed by atoms with E-state index in [9.17, 15) is 48.9 Å². The zero-order valence-corrected chi connectivity index (χ0v) is 25.8. The van der Waals surface area contributed by atoms with Crippen molar-refractivity contribution in [2.75, 3.05) is 26.3 Å². The van der Waals surface area contributed by atoms with E-state index in [0.717, 1.165) is 0 Å². The Balaban J connectivity index is 2.53. The van der Waals surface area contributed by atoms with E-state index in [1.165, 1.54) is 0 Å². The summed E-state index contributed by atoms with van der Waals surface area (Å²) in [5.41, 5.74) is 22.2. The highest BCUT2D eigenvalue weighted by molar-refractivity contribution is 6.05. The molecule has 23 nitrogen and oxygen atoms in total. The average Bonchev–Trinajstić information content (AvgIpc) is 3.02. The van der Waals surface area contributed by atoms with E-state index in [0.29, 0.717) is 25.6 Å². The molecular formula is C25H43N13O10. The van der Waals surface area contributed by atoms with Crippen molar-refractivity contribution in [2.45, 2.75) is 74.2 Å². The van der Waals surface area contributed by atoms with Gasteiger partial charge < -0.3 is 75.5 Å². The van der Waals surface area contributed by atoms with Crippen molar-refractivity contribution >= 4 is 53.6 Å². The highest BCUT2D eigenvalue weighted by Crippen LogP contribution is 2.10. The van der Waals surface area contributed by atoms with Crippen LogP contribution < -0.4 is 60.2 Å². The van der Waals surface area contributed by atoms with Crippen molar-refractivity contribution in [3.8, 4) is 0 Å². The van der Waals surface area contributed by atoms with Gasteiger partial charge in [-0.3, -0.25) is 28.8 Å². The van der Waals surface area contributed by atoms with Crippen molar-refractivity contribution in [2.24, 2.45) is 32.9 Å². The van der Waals surface area contributed by atoms with Crippen molar-refractivity contribution in [3.63, 3.8) is 0 Å². The molecule has 0 aromatic heterocycles. The van der Waals surface area contributed by atoms with Crippen LogP contribution in [0.15, 0.2) is 9.98 Å². The van der Waals surface area contributed by atoms with Crippen LogP contribution in [-0.4, -0.2) is 144 Å². The fourth-order valence-corrected chi connectivity index (χ4v) is 4.54. The number of primary amides is 1. The van der Waals surface area contributed by atoms with Crippen molar-refractivity contribution < 1.29 is 48.9 Å². The minimum Gasteiger partial charge on any atom is -0.394 e. The summed E-state index contributed by atoms with van der Waals surface area (Å²) in [6.07, 6.45) is -0.380. The first-order valence-corrected chi connectivity index (χ1v) is 14.8. The first-order chi connectivity index (χ1) is 22.7. The van der Waals surface area contributed by atoms with E-state index >= 15 is 0 Å². The average molecular weight is 686 g/mol. The third-order valence-corrected chi connectivity index (χ3v) is 6.99. The first kappa shape index (κ1) is 39.2. The molecule has 0 saturated carbocycles. The second kappa shape index (κ2) is 19.0. The summed E-state index contributed by atoms with van der Waals surface area (Å²) in [6, 6.07) is -11.6. The molecule has 1 saturated heterocycles. The molecule has 23 heteroatoms. The van der Waals surface area contributed by atoms with Crippen molar-refractivity contribution in [1.29, 1.82) is 0 Å². The smallest absolute Gasteiger partial charge is 0.338 e. The lowest BCUT2D eigenvalue weighted by Gasteiger charge is -2.33. The second-order valence-electron chi connectivity index (χ2n) is 10.8. The molecule has 0 aromatic carbocycles. The van der Waals surface area contributed by atoms with E-state index in [2.05, 4.69) is 47.2 Å². The molecule has 0 aliphatic carbocycles. The number of guanidine groups is 1. The van der Waals surface area contributed by atoms with Crippen LogP contribution >= 0.6 is 0 Å². The zero-order chi connectivity index (χ0) is 36.0. The molecule has 8 atom stereocenters. The number of nitrogens with one attached hydrogen (secondary N) is 7. The minimum atomic E-state index is -1.83. The lowest BCUT2D eigenvalue weighted by Crippen LogP contribution is -2.66. The fourth-order valence-electron chi connectivity index (χ4n) is 4.54. The Bertz CT molecular complexity index is 1260. The number of aliphatic imine (C=N–C) groups is 2. The number of hydrogen-bond donors (Lipinski definition) is 14. The molecule has 8 amide bonds. The number of hydrogen-bond acceptors (Lipinski definition) is 15. The van der Waals surface area contributed by atoms with Gasteiger partial charge in [0.25, 0.3) is 0 Å². The fraction of sp³-hybridized carbons (Fsp3) is 0.640. The van der Waals surface area contributed by atoms with Crippen LogP contribution in [-0.2, 0) is 28.8 Å². The van der Waals surface area contributed by atoms with E-state index in [4.69, 9.17) is 22.9 Å².